The SMILES string of the molecule is Cc1nc2c(nc1C)c1c(C)nc(C(F)(F)F)nc1c1nc(C(F)(F)F)nc(C)c12. The van der Waals surface area contributed by atoms with Crippen molar-refractivity contribution in [3.8, 4) is 0 Å². The first-order chi connectivity index (χ1) is 13.8. The van der Waals surface area contributed by atoms with Crippen LogP contribution in [0.2, 0.25) is 0 Å². The molecule has 1 aromatic carbocycles. The Morgan fingerprint density at radius 2 is 0.733 bits per heavy atom. The van der Waals surface area contributed by atoms with Crippen molar-refractivity contribution < 1.29 is 26.3 Å². The number of hydrogen-bond donors (Lipinski definition) is 0. The molecular weight excluding hydrogens is 414 g/mol. The van der Waals surface area contributed by atoms with E-state index in [9.17, 15) is 26.3 Å². The Kier molecular flexibility index (Phi) is 4.13. The van der Waals surface area contributed by atoms with Crippen molar-refractivity contribution in [1.29, 1.82) is 0 Å². The molecule has 0 aliphatic heterocycles. The predicted octanol–water partition coefficient (Wildman–Crippen LogP) is 4.79. The van der Waals surface area contributed by atoms with E-state index < -0.39 is 24.0 Å². The van der Waals surface area contributed by atoms with Gasteiger partial charge in [0.05, 0.1) is 33.5 Å². The van der Waals surface area contributed by atoms with Crippen molar-refractivity contribution in [3.63, 3.8) is 0 Å². The molecule has 0 amide bonds. The molecule has 0 fully saturated rings. The number of nitrogens with zero attached hydrogens (tertiary/aromatic N) is 6. The van der Waals surface area contributed by atoms with Gasteiger partial charge >= 0.3 is 12.4 Å². The van der Waals surface area contributed by atoms with Gasteiger partial charge in [-0.2, -0.15) is 26.3 Å². The minimum atomic E-state index is -4.90. The summed E-state index contributed by atoms with van der Waals surface area (Å²) in [5.74, 6) is -2.95. The molecule has 0 bridgehead atoms. The van der Waals surface area contributed by atoms with Gasteiger partial charge in [-0.1, -0.05) is 0 Å². The molecule has 0 saturated carbocycles. The number of aryl methyl sites for hydroxylation is 4. The van der Waals surface area contributed by atoms with E-state index in [4.69, 9.17) is 0 Å². The van der Waals surface area contributed by atoms with Crippen LogP contribution in [0.3, 0.4) is 0 Å². The molecule has 0 atom stereocenters. The minimum Gasteiger partial charge on any atom is -0.249 e. The van der Waals surface area contributed by atoms with Crippen molar-refractivity contribution in [2.75, 3.05) is 0 Å². The van der Waals surface area contributed by atoms with E-state index in [1.165, 1.54) is 13.8 Å². The zero-order chi connectivity index (χ0) is 22.2. The van der Waals surface area contributed by atoms with Gasteiger partial charge < -0.3 is 0 Å². The smallest absolute Gasteiger partial charge is 0.249 e. The fraction of sp³-hybridized carbons (Fsp3) is 0.333. The maximum atomic E-state index is 13.3. The average molecular weight is 426 g/mol. The lowest BCUT2D eigenvalue weighted by molar-refractivity contribution is -0.145. The van der Waals surface area contributed by atoms with Crippen molar-refractivity contribution in [2.45, 2.75) is 40.0 Å². The normalized spacial score (nSPS) is 13.0. The topological polar surface area (TPSA) is 77.3 Å². The largest absolute Gasteiger partial charge is 0.451 e. The third kappa shape index (κ3) is 2.97. The second-order valence-corrected chi connectivity index (χ2v) is 6.80. The van der Waals surface area contributed by atoms with Crippen molar-refractivity contribution in [1.82, 2.24) is 29.9 Å². The first-order valence-electron chi connectivity index (χ1n) is 8.57. The van der Waals surface area contributed by atoms with Crippen LogP contribution in [-0.4, -0.2) is 29.9 Å². The molecular formula is C18H12F6N6. The summed E-state index contributed by atoms with van der Waals surface area (Å²) in [6.45, 7) is 5.93. The Balaban J connectivity index is 2.36. The number of hydrogen-bond acceptors (Lipinski definition) is 6. The molecule has 4 rings (SSSR count). The highest BCUT2D eigenvalue weighted by Gasteiger charge is 2.38. The Hall–Kier alpha value is -3.18. The van der Waals surface area contributed by atoms with E-state index >= 15 is 0 Å². The number of alkyl halides is 6. The first kappa shape index (κ1) is 20.1. The quantitative estimate of drug-likeness (QED) is 0.297. The highest BCUT2D eigenvalue weighted by Crippen LogP contribution is 2.38. The van der Waals surface area contributed by atoms with E-state index in [0.29, 0.717) is 11.4 Å². The number of benzene rings is 1. The number of fused-ring (bicyclic) bond motifs is 6. The number of aromatic nitrogens is 6. The molecule has 3 heterocycles. The Morgan fingerprint density at radius 3 is 1.03 bits per heavy atom. The second-order valence-electron chi connectivity index (χ2n) is 6.80. The molecule has 0 spiro atoms. The molecule has 0 aliphatic rings. The van der Waals surface area contributed by atoms with Crippen LogP contribution in [0.4, 0.5) is 26.3 Å². The monoisotopic (exact) mass is 426 g/mol. The number of rotatable bonds is 0. The molecule has 30 heavy (non-hydrogen) atoms. The molecule has 4 aromatic rings. The molecule has 0 saturated heterocycles. The summed E-state index contributed by atoms with van der Waals surface area (Å²) in [6.07, 6.45) is -9.80. The van der Waals surface area contributed by atoms with Gasteiger partial charge in [-0.05, 0) is 27.7 Å². The van der Waals surface area contributed by atoms with Gasteiger partial charge in [0.25, 0.3) is 0 Å². The van der Waals surface area contributed by atoms with Gasteiger partial charge in [0, 0.05) is 0 Å². The predicted molar refractivity (Wildman–Crippen MR) is 94.7 cm³/mol. The van der Waals surface area contributed by atoms with Gasteiger partial charge in [-0.3, -0.25) is 0 Å². The summed E-state index contributed by atoms with van der Waals surface area (Å²) in [7, 11) is 0. The Bertz CT molecular complexity index is 1260. The first-order valence-corrected chi connectivity index (χ1v) is 8.57. The van der Waals surface area contributed by atoms with Gasteiger partial charge in [0.15, 0.2) is 0 Å². The standard InChI is InChI=1S/C18H12F6N6/c1-5-6(2)26-12-10-8(4)28-16(18(22,23)24)30-14(10)13-9(11(12)25-5)7(3)27-15(29-13)17(19,20)21/h1-4H3. The van der Waals surface area contributed by atoms with E-state index in [2.05, 4.69) is 29.9 Å². The minimum absolute atomic E-state index is 0.0623. The summed E-state index contributed by atoms with van der Waals surface area (Å²) in [6, 6.07) is 0. The van der Waals surface area contributed by atoms with Crippen molar-refractivity contribution in [2.24, 2.45) is 0 Å². The third-order valence-electron chi connectivity index (χ3n) is 4.69. The summed E-state index contributed by atoms with van der Waals surface area (Å²) in [4.78, 5) is 22.9. The second kappa shape index (κ2) is 6.16. The maximum absolute atomic E-state index is 13.3. The zero-order valence-electron chi connectivity index (χ0n) is 16.0. The molecule has 0 aliphatic carbocycles. The van der Waals surface area contributed by atoms with Gasteiger partial charge in [0.2, 0.25) is 11.6 Å². The maximum Gasteiger partial charge on any atom is 0.451 e. The zero-order valence-corrected chi connectivity index (χ0v) is 16.0. The van der Waals surface area contributed by atoms with Gasteiger partial charge in [-0.15, -0.1) is 0 Å². The lowest BCUT2D eigenvalue weighted by Gasteiger charge is -2.15. The van der Waals surface area contributed by atoms with E-state index in [-0.39, 0.29) is 44.2 Å². The average Bonchev–Trinajstić information content (AvgIpc) is 2.61. The van der Waals surface area contributed by atoms with Gasteiger partial charge in [-0.25, -0.2) is 29.9 Å². The summed E-state index contributed by atoms with van der Waals surface area (Å²) >= 11 is 0. The van der Waals surface area contributed by atoms with Crippen LogP contribution in [0.1, 0.15) is 34.4 Å². The van der Waals surface area contributed by atoms with Crippen LogP contribution in [0.25, 0.3) is 32.8 Å². The van der Waals surface area contributed by atoms with Crippen LogP contribution < -0.4 is 0 Å². The van der Waals surface area contributed by atoms with Crippen molar-refractivity contribution >= 4 is 32.8 Å². The summed E-state index contributed by atoms with van der Waals surface area (Å²) in [5.41, 5.74) is 0.414. The molecule has 0 N–H and O–H groups in total. The van der Waals surface area contributed by atoms with Crippen LogP contribution >= 0.6 is 0 Å². The molecule has 0 radical (unpaired) electrons. The van der Waals surface area contributed by atoms with E-state index in [1.54, 1.807) is 13.8 Å². The molecule has 156 valence electrons. The molecule has 3 aromatic heterocycles. The highest BCUT2D eigenvalue weighted by atomic mass is 19.4. The van der Waals surface area contributed by atoms with Crippen LogP contribution in [0, 0.1) is 27.7 Å². The fourth-order valence-electron chi connectivity index (χ4n) is 3.26. The van der Waals surface area contributed by atoms with Crippen LogP contribution in [0.15, 0.2) is 0 Å². The van der Waals surface area contributed by atoms with E-state index in [0.717, 1.165) is 0 Å². The summed E-state index contributed by atoms with van der Waals surface area (Å²) in [5, 5.41) is 0.125. The van der Waals surface area contributed by atoms with Crippen LogP contribution in [0.5, 0.6) is 0 Å². The lowest BCUT2D eigenvalue weighted by atomic mass is 10.0. The van der Waals surface area contributed by atoms with Crippen LogP contribution in [-0.2, 0) is 12.4 Å². The molecule has 6 nitrogen and oxygen atoms in total. The van der Waals surface area contributed by atoms with Crippen molar-refractivity contribution in [3.05, 3.63) is 34.4 Å². The third-order valence-corrected chi connectivity index (χ3v) is 4.69. The Morgan fingerprint density at radius 1 is 0.433 bits per heavy atom. The Labute approximate surface area is 164 Å². The highest BCUT2D eigenvalue weighted by molar-refractivity contribution is 6.21. The summed E-state index contributed by atoms with van der Waals surface area (Å²) < 4.78 is 79.9. The molecule has 12 heteroatoms. The molecule has 0 unspecified atom stereocenters. The fourth-order valence-corrected chi connectivity index (χ4v) is 3.26. The van der Waals surface area contributed by atoms with Gasteiger partial charge in [0.1, 0.15) is 22.1 Å². The number of halogens is 6. The van der Waals surface area contributed by atoms with E-state index in [1.807, 2.05) is 0 Å². The lowest BCUT2D eigenvalue weighted by Crippen LogP contribution is -2.15.